The average molecular weight is 444 g/mol. The maximum absolute atomic E-state index is 13.6. The minimum atomic E-state index is -4.70. The lowest BCUT2D eigenvalue weighted by molar-refractivity contribution is -0.119. The second kappa shape index (κ2) is 9.19. The van der Waals surface area contributed by atoms with Gasteiger partial charge < -0.3 is 14.2 Å². The van der Waals surface area contributed by atoms with Gasteiger partial charge in [0.25, 0.3) is 0 Å². The van der Waals surface area contributed by atoms with E-state index in [0.29, 0.717) is 4.90 Å². The number of ether oxygens (including phenoxy) is 3. The Hall–Kier alpha value is -3.37. The van der Waals surface area contributed by atoms with Gasteiger partial charge in [0.15, 0.2) is 0 Å². The summed E-state index contributed by atoms with van der Waals surface area (Å²) in [5.41, 5.74) is -1.09. The molecule has 1 aromatic carbocycles. The maximum atomic E-state index is 13.6. The van der Waals surface area contributed by atoms with E-state index in [1.54, 1.807) is 0 Å². The molecule has 1 aromatic heterocycles. The van der Waals surface area contributed by atoms with Crippen LogP contribution in [0, 0.1) is 5.82 Å². The molecule has 0 N–H and O–H groups in total. The van der Waals surface area contributed by atoms with Crippen LogP contribution in [0.5, 0.6) is 11.5 Å². The third-order valence-electron chi connectivity index (χ3n) is 3.53. The molecular weight excluding hydrogens is 424 g/mol. The number of anilines is 1. The molecule has 0 spiro atoms. The fraction of sp³-hybridized carbons (Fsp3) is 0.350. The van der Waals surface area contributed by atoms with E-state index in [0.717, 1.165) is 37.6 Å². The molecule has 0 saturated carbocycles. The fourth-order valence-electron chi connectivity index (χ4n) is 2.31. The molecule has 0 unspecified atom stereocenters. The van der Waals surface area contributed by atoms with Crippen molar-refractivity contribution in [3.05, 3.63) is 47.9 Å². The largest absolute Gasteiger partial charge is 0.465 e. The molecule has 0 radical (unpaired) electrons. The standard InChI is InChI=1S/C20H20F4N2O5/c1-19(2,3)31-18(28)26(11-20(22,23)24)16-8-6-13(10-25-16)30-15-9-12(21)5-7-14(15)17(27)29-4/h5-10H,11H2,1-4H3. The Kier molecular flexibility index (Phi) is 7.09. The van der Waals surface area contributed by atoms with Crippen molar-refractivity contribution in [2.75, 3.05) is 18.6 Å². The first kappa shape index (κ1) is 23.9. The normalized spacial score (nSPS) is 11.6. The van der Waals surface area contributed by atoms with Gasteiger partial charge in [-0.2, -0.15) is 13.2 Å². The van der Waals surface area contributed by atoms with Crippen molar-refractivity contribution in [3.8, 4) is 11.5 Å². The number of pyridine rings is 1. The molecule has 0 fully saturated rings. The molecule has 0 bridgehead atoms. The minimum absolute atomic E-state index is 0.0179. The predicted molar refractivity (Wildman–Crippen MR) is 102 cm³/mol. The van der Waals surface area contributed by atoms with Gasteiger partial charge in [-0.1, -0.05) is 0 Å². The number of carbonyl (C=O) groups is 2. The molecular formula is C20H20F4N2O5. The predicted octanol–water partition coefficient (Wildman–Crippen LogP) is 5.10. The number of benzene rings is 1. The number of alkyl halides is 3. The molecule has 2 aromatic rings. The Bertz CT molecular complexity index is 940. The summed E-state index contributed by atoms with van der Waals surface area (Å²) in [7, 11) is 1.14. The van der Waals surface area contributed by atoms with Crippen molar-refractivity contribution in [1.29, 1.82) is 0 Å². The third kappa shape index (κ3) is 7.12. The highest BCUT2D eigenvalue weighted by atomic mass is 19.4. The zero-order valence-electron chi connectivity index (χ0n) is 17.1. The molecule has 7 nitrogen and oxygen atoms in total. The molecule has 31 heavy (non-hydrogen) atoms. The molecule has 168 valence electrons. The average Bonchev–Trinajstić information content (AvgIpc) is 2.64. The molecule has 0 aliphatic carbocycles. The van der Waals surface area contributed by atoms with Crippen molar-refractivity contribution < 1.29 is 41.4 Å². The van der Waals surface area contributed by atoms with E-state index < -0.39 is 36.2 Å². The second-order valence-corrected chi connectivity index (χ2v) is 7.27. The van der Waals surface area contributed by atoms with E-state index in [9.17, 15) is 27.2 Å². The lowest BCUT2D eigenvalue weighted by Gasteiger charge is -2.27. The summed E-state index contributed by atoms with van der Waals surface area (Å²) in [6.07, 6.45) is -4.91. The number of hydrogen-bond donors (Lipinski definition) is 0. The van der Waals surface area contributed by atoms with Crippen LogP contribution in [-0.4, -0.2) is 42.5 Å². The number of methoxy groups -OCH3 is 1. The topological polar surface area (TPSA) is 78.0 Å². The summed E-state index contributed by atoms with van der Waals surface area (Å²) in [6, 6.07) is 5.45. The first-order valence-corrected chi connectivity index (χ1v) is 8.88. The number of carbonyl (C=O) groups excluding carboxylic acids is 2. The van der Waals surface area contributed by atoms with Crippen LogP contribution in [-0.2, 0) is 9.47 Å². The first-order valence-electron chi connectivity index (χ1n) is 8.88. The number of esters is 1. The van der Waals surface area contributed by atoms with Gasteiger partial charge in [-0.25, -0.2) is 19.0 Å². The van der Waals surface area contributed by atoms with Crippen LogP contribution in [0.4, 0.5) is 28.2 Å². The third-order valence-corrected chi connectivity index (χ3v) is 3.53. The molecule has 2 rings (SSSR count). The van der Waals surface area contributed by atoms with Gasteiger partial charge in [-0.05, 0) is 45.0 Å². The Morgan fingerprint density at radius 1 is 1.10 bits per heavy atom. The number of nitrogens with zero attached hydrogens (tertiary/aromatic N) is 2. The summed E-state index contributed by atoms with van der Waals surface area (Å²) in [6.45, 7) is 2.92. The van der Waals surface area contributed by atoms with E-state index in [4.69, 9.17) is 9.47 Å². The van der Waals surface area contributed by atoms with Crippen molar-refractivity contribution in [2.24, 2.45) is 0 Å². The summed E-state index contributed by atoms with van der Waals surface area (Å²) < 4.78 is 67.5. The smallest absolute Gasteiger partial charge is 0.416 e. The summed E-state index contributed by atoms with van der Waals surface area (Å²) in [4.78, 5) is 28.2. The second-order valence-electron chi connectivity index (χ2n) is 7.27. The van der Waals surface area contributed by atoms with Crippen LogP contribution < -0.4 is 9.64 Å². The number of hydrogen-bond acceptors (Lipinski definition) is 6. The minimum Gasteiger partial charge on any atom is -0.465 e. The van der Waals surface area contributed by atoms with E-state index in [1.165, 1.54) is 26.8 Å². The van der Waals surface area contributed by atoms with Crippen LogP contribution in [0.2, 0.25) is 0 Å². The van der Waals surface area contributed by atoms with Crippen molar-refractivity contribution >= 4 is 17.9 Å². The van der Waals surface area contributed by atoms with Crippen molar-refractivity contribution in [2.45, 2.75) is 32.5 Å². The quantitative estimate of drug-likeness (QED) is 0.472. The van der Waals surface area contributed by atoms with Gasteiger partial charge in [0.1, 0.15) is 40.8 Å². The van der Waals surface area contributed by atoms with Crippen LogP contribution in [0.3, 0.4) is 0 Å². The van der Waals surface area contributed by atoms with E-state index in [-0.39, 0.29) is 22.9 Å². The summed E-state index contributed by atoms with van der Waals surface area (Å²) in [5, 5.41) is 0. The van der Waals surface area contributed by atoms with Crippen LogP contribution >= 0.6 is 0 Å². The maximum Gasteiger partial charge on any atom is 0.416 e. The molecule has 0 saturated heterocycles. The molecule has 1 heterocycles. The van der Waals surface area contributed by atoms with Gasteiger partial charge in [0.05, 0.1) is 13.3 Å². The lowest BCUT2D eigenvalue weighted by atomic mass is 10.2. The molecule has 0 aliphatic heterocycles. The molecule has 0 aliphatic rings. The van der Waals surface area contributed by atoms with Gasteiger partial charge >= 0.3 is 18.2 Å². The van der Waals surface area contributed by atoms with Gasteiger partial charge in [-0.15, -0.1) is 0 Å². The SMILES string of the molecule is COC(=O)c1ccc(F)cc1Oc1ccc(N(CC(F)(F)F)C(=O)OC(C)(C)C)nc1. The Labute approximate surface area is 175 Å². The molecule has 1 amide bonds. The zero-order chi connectivity index (χ0) is 23.4. The summed E-state index contributed by atoms with van der Waals surface area (Å²) >= 11 is 0. The Morgan fingerprint density at radius 3 is 2.29 bits per heavy atom. The summed E-state index contributed by atoms with van der Waals surface area (Å²) in [5.74, 6) is -2.00. The highest BCUT2D eigenvalue weighted by molar-refractivity contribution is 5.92. The van der Waals surface area contributed by atoms with Crippen LogP contribution in [0.1, 0.15) is 31.1 Å². The van der Waals surface area contributed by atoms with Gasteiger partial charge in [0.2, 0.25) is 0 Å². The highest BCUT2D eigenvalue weighted by Crippen LogP contribution is 2.29. The number of aromatic nitrogens is 1. The Balaban J connectivity index is 2.31. The lowest BCUT2D eigenvalue weighted by Crippen LogP contribution is -2.42. The van der Waals surface area contributed by atoms with Crippen molar-refractivity contribution in [3.63, 3.8) is 0 Å². The molecule has 0 atom stereocenters. The monoisotopic (exact) mass is 444 g/mol. The van der Waals surface area contributed by atoms with E-state index in [1.807, 2.05) is 0 Å². The van der Waals surface area contributed by atoms with Crippen molar-refractivity contribution in [1.82, 2.24) is 4.98 Å². The van der Waals surface area contributed by atoms with E-state index in [2.05, 4.69) is 9.72 Å². The fourth-order valence-corrected chi connectivity index (χ4v) is 2.31. The number of rotatable bonds is 5. The highest BCUT2D eigenvalue weighted by Gasteiger charge is 2.36. The van der Waals surface area contributed by atoms with Gasteiger partial charge in [-0.3, -0.25) is 4.90 Å². The molecule has 11 heteroatoms. The number of amides is 1. The van der Waals surface area contributed by atoms with Crippen LogP contribution in [0.15, 0.2) is 36.5 Å². The van der Waals surface area contributed by atoms with E-state index >= 15 is 0 Å². The zero-order valence-corrected chi connectivity index (χ0v) is 17.1. The Morgan fingerprint density at radius 2 is 1.77 bits per heavy atom. The van der Waals surface area contributed by atoms with Crippen LogP contribution in [0.25, 0.3) is 0 Å². The van der Waals surface area contributed by atoms with Gasteiger partial charge in [0, 0.05) is 6.07 Å². The number of halogens is 4. The first-order chi connectivity index (χ1) is 14.3.